The van der Waals surface area contributed by atoms with Crippen molar-refractivity contribution in [3.05, 3.63) is 58.9 Å². The number of hydrogen-bond acceptors (Lipinski definition) is 4. The molecule has 5 nitrogen and oxygen atoms in total. The number of nitrogens with zero attached hydrogens (tertiary/aromatic N) is 1. The van der Waals surface area contributed by atoms with Crippen molar-refractivity contribution in [1.29, 1.82) is 0 Å². The summed E-state index contributed by atoms with van der Waals surface area (Å²) >= 11 is 1.41. The van der Waals surface area contributed by atoms with Crippen LogP contribution in [0, 0.1) is 19.7 Å². The Hall–Kier alpha value is -1.90. The number of benzene rings is 2. The fraction of sp³-hybridized carbons (Fsp3) is 0.381. The third-order valence-corrected chi connectivity index (χ3v) is 7.70. The van der Waals surface area contributed by atoms with Gasteiger partial charge in [-0.1, -0.05) is 26.0 Å². The number of carbonyl (C=O) groups excluding carboxylic acids is 1. The molecule has 0 saturated heterocycles. The highest BCUT2D eigenvalue weighted by Crippen LogP contribution is 2.26. The monoisotopic (exact) mass is 438 g/mol. The first-order valence-electron chi connectivity index (χ1n) is 9.42. The zero-order valence-corrected chi connectivity index (χ0v) is 18.8. The lowest BCUT2D eigenvalue weighted by molar-refractivity contribution is -0.113. The van der Waals surface area contributed by atoms with Gasteiger partial charge >= 0.3 is 0 Å². The molecule has 1 amide bonds. The Bertz CT molecular complexity index is 957. The molecule has 0 spiro atoms. The van der Waals surface area contributed by atoms with E-state index in [9.17, 15) is 17.6 Å². The van der Waals surface area contributed by atoms with Crippen LogP contribution < -0.4 is 5.32 Å². The third-order valence-electron chi connectivity index (χ3n) is 4.67. The minimum absolute atomic E-state index is 0.179. The predicted molar refractivity (Wildman–Crippen MR) is 117 cm³/mol. The van der Waals surface area contributed by atoms with Crippen LogP contribution in [0.5, 0.6) is 0 Å². The Morgan fingerprint density at radius 1 is 1.10 bits per heavy atom. The molecule has 8 heteroatoms. The number of rotatable bonds is 9. The third kappa shape index (κ3) is 6.04. The molecule has 29 heavy (non-hydrogen) atoms. The van der Waals surface area contributed by atoms with Gasteiger partial charge in [0, 0.05) is 24.5 Å². The normalized spacial score (nSPS) is 11.7. The summed E-state index contributed by atoms with van der Waals surface area (Å²) < 4.78 is 40.0. The van der Waals surface area contributed by atoms with E-state index in [0.29, 0.717) is 24.5 Å². The lowest BCUT2D eigenvalue weighted by Crippen LogP contribution is -2.30. The fourth-order valence-electron chi connectivity index (χ4n) is 2.85. The van der Waals surface area contributed by atoms with Crippen molar-refractivity contribution in [2.75, 3.05) is 24.2 Å². The molecule has 0 aliphatic rings. The van der Waals surface area contributed by atoms with Crippen LogP contribution in [-0.4, -0.2) is 37.5 Å². The Balaban J connectivity index is 2.10. The molecule has 0 heterocycles. The number of aryl methyl sites for hydroxylation is 1. The van der Waals surface area contributed by atoms with Gasteiger partial charge in [-0.15, -0.1) is 11.8 Å². The molecule has 0 unspecified atom stereocenters. The van der Waals surface area contributed by atoms with Gasteiger partial charge in [-0.3, -0.25) is 4.79 Å². The first-order chi connectivity index (χ1) is 13.7. The van der Waals surface area contributed by atoms with E-state index in [1.54, 1.807) is 32.0 Å². The van der Waals surface area contributed by atoms with Crippen LogP contribution in [0.4, 0.5) is 10.1 Å². The summed E-state index contributed by atoms with van der Waals surface area (Å²) in [6.45, 7) is 8.03. The standard InChI is InChI=1S/C21H27FN2O3S2/c1-5-24(6-2)29(26,27)19-11-15(3)16(4)20(12-19)23-21(25)14-28-13-17-7-9-18(22)10-8-17/h7-12H,5-6,13-14H2,1-4H3,(H,23,25). The van der Waals surface area contributed by atoms with E-state index in [1.807, 2.05) is 13.8 Å². The highest BCUT2D eigenvalue weighted by molar-refractivity contribution is 7.99. The number of nitrogens with one attached hydrogen (secondary N) is 1. The Kier molecular flexibility index (Phi) is 8.24. The molecule has 0 aliphatic heterocycles. The average Bonchev–Trinajstić information content (AvgIpc) is 2.67. The maximum Gasteiger partial charge on any atom is 0.243 e. The minimum atomic E-state index is -3.61. The molecule has 0 aromatic heterocycles. The smallest absolute Gasteiger partial charge is 0.243 e. The Morgan fingerprint density at radius 3 is 2.31 bits per heavy atom. The summed E-state index contributed by atoms with van der Waals surface area (Å²) in [7, 11) is -3.61. The number of hydrogen-bond donors (Lipinski definition) is 1. The molecule has 0 fully saturated rings. The van der Waals surface area contributed by atoms with Gasteiger partial charge in [-0.2, -0.15) is 4.31 Å². The molecule has 2 aromatic rings. The summed E-state index contributed by atoms with van der Waals surface area (Å²) in [6.07, 6.45) is 0. The van der Waals surface area contributed by atoms with E-state index >= 15 is 0 Å². The van der Waals surface area contributed by atoms with E-state index in [2.05, 4.69) is 5.32 Å². The molecule has 0 radical (unpaired) electrons. The second-order valence-corrected chi connectivity index (χ2v) is 9.59. The van der Waals surface area contributed by atoms with Crippen LogP contribution in [-0.2, 0) is 20.6 Å². The van der Waals surface area contributed by atoms with Crippen LogP contribution in [0.2, 0.25) is 0 Å². The number of anilines is 1. The van der Waals surface area contributed by atoms with Gasteiger partial charge in [-0.05, 0) is 54.8 Å². The minimum Gasteiger partial charge on any atom is -0.325 e. The first kappa shape index (κ1) is 23.4. The highest BCUT2D eigenvalue weighted by atomic mass is 32.2. The van der Waals surface area contributed by atoms with Gasteiger partial charge in [0.15, 0.2) is 0 Å². The molecule has 0 atom stereocenters. The van der Waals surface area contributed by atoms with E-state index < -0.39 is 10.0 Å². The zero-order valence-electron chi connectivity index (χ0n) is 17.2. The van der Waals surface area contributed by atoms with Crippen LogP contribution >= 0.6 is 11.8 Å². The summed E-state index contributed by atoms with van der Waals surface area (Å²) in [5, 5.41) is 2.83. The first-order valence-corrected chi connectivity index (χ1v) is 12.0. The summed E-state index contributed by atoms with van der Waals surface area (Å²) in [5.74, 6) is 0.296. The molecule has 1 N–H and O–H groups in total. The summed E-state index contributed by atoms with van der Waals surface area (Å²) in [6, 6.07) is 9.33. The van der Waals surface area contributed by atoms with E-state index in [0.717, 1.165) is 16.7 Å². The highest BCUT2D eigenvalue weighted by Gasteiger charge is 2.23. The number of carbonyl (C=O) groups is 1. The van der Waals surface area contributed by atoms with Crippen LogP contribution in [0.3, 0.4) is 0 Å². The Morgan fingerprint density at radius 2 is 1.72 bits per heavy atom. The lowest BCUT2D eigenvalue weighted by Gasteiger charge is -2.20. The summed E-state index contributed by atoms with van der Waals surface area (Å²) in [5.41, 5.74) is 3.07. The molecule has 0 aliphatic carbocycles. The predicted octanol–water partition coefficient (Wildman–Crippen LogP) is 4.34. The zero-order chi connectivity index (χ0) is 21.6. The number of halogens is 1. The molecule has 2 aromatic carbocycles. The fourth-order valence-corrected chi connectivity index (χ4v) is 5.20. The van der Waals surface area contributed by atoms with Crippen molar-refractivity contribution < 1.29 is 17.6 Å². The van der Waals surface area contributed by atoms with Crippen molar-refractivity contribution in [2.24, 2.45) is 0 Å². The number of sulfonamides is 1. The molecular formula is C21H27FN2O3S2. The second kappa shape index (κ2) is 10.2. The van der Waals surface area contributed by atoms with E-state index in [-0.39, 0.29) is 22.4 Å². The van der Waals surface area contributed by atoms with Gasteiger partial charge < -0.3 is 5.32 Å². The molecule has 2 rings (SSSR count). The van der Waals surface area contributed by atoms with Gasteiger partial charge in [0.05, 0.1) is 10.6 Å². The van der Waals surface area contributed by atoms with Crippen molar-refractivity contribution in [3.8, 4) is 0 Å². The van der Waals surface area contributed by atoms with Crippen LogP contribution in [0.1, 0.15) is 30.5 Å². The topological polar surface area (TPSA) is 66.5 Å². The van der Waals surface area contributed by atoms with Crippen molar-refractivity contribution in [2.45, 2.75) is 38.3 Å². The maximum absolute atomic E-state index is 12.9. The van der Waals surface area contributed by atoms with Gasteiger partial charge in [-0.25, -0.2) is 12.8 Å². The summed E-state index contributed by atoms with van der Waals surface area (Å²) in [4.78, 5) is 12.6. The molecule has 158 valence electrons. The van der Waals surface area contributed by atoms with Crippen molar-refractivity contribution in [3.63, 3.8) is 0 Å². The largest absolute Gasteiger partial charge is 0.325 e. The van der Waals surface area contributed by atoms with Gasteiger partial charge in [0.25, 0.3) is 0 Å². The number of thioether (sulfide) groups is 1. The average molecular weight is 439 g/mol. The van der Waals surface area contributed by atoms with Crippen molar-refractivity contribution in [1.82, 2.24) is 4.31 Å². The van der Waals surface area contributed by atoms with E-state index in [4.69, 9.17) is 0 Å². The van der Waals surface area contributed by atoms with Gasteiger partial charge in [0.1, 0.15) is 5.82 Å². The van der Waals surface area contributed by atoms with Crippen molar-refractivity contribution >= 4 is 33.4 Å². The van der Waals surface area contributed by atoms with Crippen LogP contribution in [0.25, 0.3) is 0 Å². The molecule has 0 bridgehead atoms. The SMILES string of the molecule is CCN(CC)S(=O)(=O)c1cc(C)c(C)c(NC(=O)CSCc2ccc(F)cc2)c1. The van der Waals surface area contributed by atoms with Crippen LogP contribution in [0.15, 0.2) is 41.3 Å². The molecular weight excluding hydrogens is 411 g/mol. The molecule has 0 saturated carbocycles. The quantitative estimate of drug-likeness (QED) is 0.632. The lowest BCUT2D eigenvalue weighted by atomic mass is 10.1. The maximum atomic E-state index is 12.9. The Labute approximate surface area is 176 Å². The van der Waals surface area contributed by atoms with Gasteiger partial charge in [0.2, 0.25) is 15.9 Å². The van der Waals surface area contributed by atoms with E-state index in [1.165, 1.54) is 34.3 Å². The second-order valence-electron chi connectivity index (χ2n) is 6.67. The number of amides is 1.